The van der Waals surface area contributed by atoms with Crippen molar-refractivity contribution in [2.45, 2.75) is 0 Å². The van der Waals surface area contributed by atoms with Crippen LogP contribution in [0.3, 0.4) is 0 Å². The van der Waals surface area contributed by atoms with Crippen molar-refractivity contribution in [3.63, 3.8) is 0 Å². The standard InChI is InChI=1S/C23H26N2O5/c1-26-19-12-11-16(22(29-4)23(19)30-5)25-18-14-21(28-3)20(27-2)13-17(18)24-15-9-7-6-8-10-15/h6-14,24-25H,1-5H3. The molecule has 0 aromatic heterocycles. The normalized spacial score (nSPS) is 10.2. The van der Waals surface area contributed by atoms with Crippen LogP contribution in [0.15, 0.2) is 54.6 Å². The Kier molecular flexibility index (Phi) is 6.75. The van der Waals surface area contributed by atoms with Crippen LogP contribution in [-0.2, 0) is 0 Å². The number of methoxy groups -OCH3 is 5. The summed E-state index contributed by atoms with van der Waals surface area (Å²) in [5.74, 6) is 2.81. The molecular formula is C23H26N2O5. The van der Waals surface area contributed by atoms with E-state index in [4.69, 9.17) is 23.7 Å². The van der Waals surface area contributed by atoms with Gasteiger partial charge in [0.1, 0.15) is 0 Å². The number of ether oxygens (including phenoxy) is 5. The first-order valence-electron chi connectivity index (χ1n) is 9.29. The molecule has 0 bridgehead atoms. The lowest BCUT2D eigenvalue weighted by molar-refractivity contribution is 0.325. The highest BCUT2D eigenvalue weighted by molar-refractivity contribution is 5.84. The Hall–Kier alpha value is -3.74. The van der Waals surface area contributed by atoms with E-state index in [9.17, 15) is 0 Å². The molecule has 2 N–H and O–H groups in total. The van der Waals surface area contributed by atoms with Crippen LogP contribution >= 0.6 is 0 Å². The van der Waals surface area contributed by atoms with Gasteiger partial charge < -0.3 is 34.3 Å². The number of benzene rings is 3. The minimum atomic E-state index is 0.503. The minimum Gasteiger partial charge on any atom is -0.493 e. The lowest BCUT2D eigenvalue weighted by Crippen LogP contribution is -2.03. The third-order valence-electron chi connectivity index (χ3n) is 4.55. The monoisotopic (exact) mass is 410 g/mol. The quantitative estimate of drug-likeness (QED) is 0.501. The molecule has 0 heterocycles. The molecule has 0 aliphatic carbocycles. The zero-order chi connectivity index (χ0) is 21.5. The van der Waals surface area contributed by atoms with Gasteiger partial charge in [0.25, 0.3) is 0 Å². The van der Waals surface area contributed by atoms with Crippen molar-refractivity contribution < 1.29 is 23.7 Å². The first-order valence-corrected chi connectivity index (χ1v) is 9.29. The van der Waals surface area contributed by atoms with Gasteiger partial charge in [-0.1, -0.05) is 18.2 Å². The van der Waals surface area contributed by atoms with Gasteiger partial charge in [-0.25, -0.2) is 0 Å². The molecule has 0 amide bonds. The molecule has 7 nitrogen and oxygen atoms in total. The molecule has 7 heteroatoms. The third kappa shape index (κ3) is 4.30. The third-order valence-corrected chi connectivity index (χ3v) is 4.55. The molecule has 0 unspecified atom stereocenters. The maximum absolute atomic E-state index is 5.60. The fraction of sp³-hybridized carbons (Fsp3) is 0.217. The average Bonchev–Trinajstić information content (AvgIpc) is 2.79. The zero-order valence-corrected chi connectivity index (χ0v) is 17.7. The smallest absolute Gasteiger partial charge is 0.205 e. The molecule has 0 saturated carbocycles. The van der Waals surface area contributed by atoms with Crippen LogP contribution in [0.5, 0.6) is 28.7 Å². The Bertz CT molecular complexity index is 993. The van der Waals surface area contributed by atoms with E-state index in [1.54, 1.807) is 35.5 Å². The topological polar surface area (TPSA) is 70.2 Å². The predicted octanol–water partition coefficient (Wildman–Crippen LogP) is 5.22. The Labute approximate surface area is 176 Å². The highest BCUT2D eigenvalue weighted by Crippen LogP contribution is 2.46. The fourth-order valence-corrected chi connectivity index (χ4v) is 3.11. The number of hydrogen-bond acceptors (Lipinski definition) is 7. The zero-order valence-electron chi connectivity index (χ0n) is 17.7. The summed E-state index contributed by atoms with van der Waals surface area (Å²) in [6, 6.07) is 17.3. The Morgan fingerprint density at radius 2 is 1.07 bits per heavy atom. The van der Waals surface area contributed by atoms with Crippen molar-refractivity contribution in [3.8, 4) is 28.7 Å². The van der Waals surface area contributed by atoms with Crippen molar-refractivity contribution in [1.29, 1.82) is 0 Å². The van der Waals surface area contributed by atoms with Crippen molar-refractivity contribution in [1.82, 2.24) is 0 Å². The number of rotatable bonds is 9. The summed E-state index contributed by atoms with van der Waals surface area (Å²) < 4.78 is 27.4. The molecule has 3 aromatic rings. The summed E-state index contributed by atoms with van der Waals surface area (Å²) >= 11 is 0. The second-order valence-electron chi connectivity index (χ2n) is 6.25. The highest BCUT2D eigenvalue weighted by Gasteiger charge is 2.18. The van der Waals surface area contributed by atoms with Gasteiger partial charge in [0.05, 0.1) is 52.6 Å². The van der Waals surface area contributed by atoms with Gasteiger partial charge in [0, 0.05) is 17.8 Å². The van der Waals surface area contributed by atoms with Crippen molar-refractivity contribution in [2.24, 2.45) is 0 Å². The number of nitrogens with one attached hydrogen (secondary N) is 2. The van der Waals surface area contributed by atoms with E-state index in [1.807, 2.05) is 54.6 Å². The molecule has 0 atom stereocenters. The fourth-order valence-electron chi connectivity index (χ4n) is 3.11. The molecule has 0 aliphatic heterocycles. The summed E-state index contributed by atoms with van der Waals surface area (Å²) in [7, 11) is 7.95. The van der Waals surface area contributed by atoms with E-state index in [0.29, 0.717) is 34.4 Å². The number of para-hydroxylation sites is 1. The molecule has 0 radical (unpaired) electrons. The Balaban J connectivity index is 2.08. The molecule has 3 aromatic carbocycles. The van der Waals surface area contributed by atoms with Gasteiger partial charge in [-0.05, 0) is 24.3 Å². The summed E-state index contributed by atoms with van der Waals surface area (Å²) in [4.78, 5) is 0. The first kappa shape index (κ1) is 21.0. The maximum Gasteiger partial charge on any atom is 0.205 e. The summed E-state index contributed by atoms with van der Waals surface area (Å²) in [5.41, 5.74) is 3.21. The average molecular weight is 410 g/mol. The molecular weight excluding hydrogens is 384 g/mol. The SMILES string of the molecule is COc1cc(Nc2ccccc2)c(Nc2ccc(OC)c(OC)c2OC)cc1OC. The highest BCUT2D eigenvalue weighted by atomic mass is 16.5. The predicted molar refractivity (Wildman–Crippen MR) is 119 cm³/mol. The van der Waals surface area contributed by atoms with Crippen LogP contribution in [0.2, 0.25) is 0 Å². The lowest BCUT2D eigenvalue weighted by Gasteiger charge is -2.20. The second kappa shape index (κ2) is 9.65. The number of anilines is 4. The van der Waals surface area contributed by atoms with E-state index < -0.39 is 0 Å². The molecule has 158 valence electrons. The summed E-state index contributed by atoms with van der Waals surface area (Å²) in [6.07, 6.45) is 0. The van der Waals surface area contributed by atoms with Crippen LogP contribution in [-0.4, -0.2) is 35.5 Å². The van der Waals surface area contributed by atoms with Crippen LogP contribution in [0, 0.1) is 0 Å². The van der Waals surface area contributed by atoms with E-state index in [0.717, 1.165) is 17.1 Å². The van der Waals surface area contributed by atoms with E-state index in [1.165, 1.54) is 0 Å². The van der Waals surface area contributed by atoms with Gasteiger partial charge in [-0.2, -0.15) is 0 Å². The Morgan fingerprint density at radius 3 is 1.60 bits per heavy atom. The van der Waals surface area contributed by atoms with Gasteiger partial charge in [-0.3, -0.25) is 0 Å². The van der Waals surface area contributed by atoms with E-state index in [-0.39, 0.29) is 0 Å². The molecule has 0 fully saturated rings. The van der Waals surface area contributed by atoms with Crippen LogP contribution < -0.4 is 34.3 Å². The first-order chi connectivity index (χ1) is 14.6. The summed E-state index contributed by atoms with van der Waals surface area (Å²) in [5, 5.41) is 6.82. The van der Waals surface area contributed by atoms with Crippen LogP contribution in [0.4, 0.5) is 22.7 Å². The molecule has 30 heavy (non-hydrogen) atoms. The van der Waals surface area contributed by atoms with Crippen molar-refractivity contribution in [3.05, 3.63) is 54.6 Å². The Morgan fingerprint density at radius 1 is 0.500 bits per heavy atom. The van der Waals surface area contributed by atoms with Crippen LogP contribution in [0.25, 0.3) is 0 Å². The minimum absolute atomic E-state index is 0.503. The number of hydrogen-bond donors (Lipinski definition) is 2. The van der Waals surface area contributed by atoms with E-state index in [2.05, 4.69) is 10.6 Å². The molecule has 0 saturated heterocycles. The van der Waals surface area contributed by atoms with E-state index >= 15 is 0 Å². The van der Waals surface area contributed by atoms with Gasteiger partial charge in [0.2, 0.25) is 5.75 Å². The second-order valence-corrected chi connectivity index (χ2v) is 6.25. The molecule has 0 aliphatic rings. The van der Waals surface area contributed by atoms with Gasteiger partial charge >= 0.3 is 0 Å². The largest absolute Gasteiger partial charge is 0.493 e. The van der Waals surface area contributed by atoms with Crippen LogP contribution in [0.1, 0.15) is 0 Å². The van der Waals surface area contributed by atoms with Crippen molar-refractivity contribution >= 4 is 22.7 Å². The molecule has 3 rings (SSSR count). The van der Waals surface area contributed by atoms with Gasteiger partial charge in [-0.15, -0.1) is 0 Å². The van der Waals surface area contributed by atoms with Crippen molar-refractivity contribution in [2.75, 3.05) is 46.2 Å². The summed E-state index contributed by atoms with van der Waals surface area (Å²) in [6.45, 7) is 0. The van der Waals surface area contributed by atoms with Gasteiger partial charge in [0.15, 0.2) is 23.0 Å². The molecule has 0 spiro atoms. The maximum atomic E-state index is 5.60. The lowest BCUT2D eigenvalue weighted by atomic mass is 10.2.